The maximum Gasteiger partial charge on any atom is 0.238 e. The molecule has 3 amide bonds. The van der Waals surface area contributed by atoms with Crippen LogP contribution < -0.4 is 10.2 Å². The molecule has 2 aliphatic rings. The van der Waals surface area contributed by atoms with Crippen LogP contribution in [-0.4, -0.2) is 17.7 Å². The molecule has 1 saturated heterocycles. The summed E-state index contributed by atoms with van der Waals surface area (Å²) in [6, 6.07) is 7.09. The summed E-state index contributed by atoms with van der Waals surface area (Å²) in [7, 11) is 0. The highest BCUT2D eigenvalue weighted by molar-refractivity contribution is 6.22. The zero-order valence-electron chi connectivity index (χ0n) is 19.6. The molecular weight excluding hydrogens is 400 g/mol. The average Bonchev–Trinajstić information content (AvgIpc) is 3.04. The summed E-state index contributed by atoms with van der Waals surface area (Å²) in [5, 5.41) is 2.93. The first-order chi connectivity index (χ1) is 15.5. The second-order valence-corrected chi connectivity index (χ2v) is 9.34. The molecule has 174 valence electrons. The number of amides is 3. The SMILES string of the molecule is CCCCCCCCCCCC(=O)Nc1cccc(N2C(=O)[C@H]3[C@@H](C)C=CC[C@H]3C2=O)c1. The number of allylic oxidation sites excluding steroid dienone is 2. The van der Waals surface area contributed by atoms with E-state index in [1.807, 2.05) is 19.1 Å². The van der Waals surface area contributed by atoms with E-state index in [0.717, 1.165) is 12.8 Å². The summed E-state index contributed by atoms with van der Waals surface area (Å²) in [6.45, 7) is 4.22. The molecule has 5 heteroatoms. The Morgan fingerprint density at radius 2 is 1.69 bits per heavy atom. The number of rotatable bonds is 12. The Bertz CT molecular complexity index is 832. The van der Waals surface area contributed by atoms with Gasteiger partial charge in [-0.25, -0.2) is 4.90 Å². The van der Waals surface area contributed by atoms with Crippen LogP contribution in [0.1, 0.15) is 84.5 Å². The van der Waals surface area contributed by atoms with Gasteiger partial charge in [0, 0.05) is 12.1 Å². The minimum absolute atomic E-state index is 0.0179. The summed E-state index contributed by atoms with van der Waals surface area (Å²) in [4.78, 5) is 39.6. The van der Waals surface area contributed by atoms with Gasteiger partial charge in [-0.3, -0.25) is 14.4 Å². The maximum absolute atomic E-state index is 13.0. The molecule has 1 fully saturated rings. The second-order valence-electron chi connectivity index (χ2n) is 9.34. The Morgan fingerprint density at radius 3 is 2.38 bits per heavy atom. The van der Waals surface area contributed by atoms with Crippen LogP contribution in [0.5, 0.6) is 0 Å². The Labute approximate surface area is 192 Å². The molecule has 3 rings (SSSR count). The number of hydrogen-bond donors (Lipinski definition) is 1. The van der Waals surface area contributed by atoms with Gasteiger partial charge >= 0.3 is 0 Å². The highest BCUT2D eigenvalue weighted by Crippen LogP contribution is 2.40. The van der Waals surface area contributed by atoms with Gasteiger partial charge in [-0.1, -0.05) is 83.4 Å². The molecule has 32 heavy (non-hydrogen) atoms. The summed E-state index contributed by atoms with van der Waals surface area (Å²) in [5.41, 5.74) is 1.17. The Hall–Kier alpha value is -2.43. The molecule has 0 aromatic heterocycles. The van der Waals surface area contributed by atoms with Crippen LogP contribution in [-0.2, 0) is 14.4 Å². The molecule has 1 aromatic carbocycles. The molecule has 1 aliphatic heterocycles. The van der Waals surface area contributed by atoms with Gasteiger partial charge < -0.3 is 5.32 Å². The molecule has 3 atom stereocenters. The van der Waals surface area contributed by atoms with Crippen molar-refractivity contribution in [2.75, 3.05) is 10.2 Å². The molecule has 1 aliphatic carbocycles. The highest BCUT2D eigenvalue weighted by Gasteiger charge is 2.50. The number of benzene rings is 1. The number of carbonyl (C=O) groups excluding carboxylic acids is 3. The molecule has 0 saturated carbocycles. The number of anilines is 2. The van der Waals surface area contributed by atoms with Crippen LogP contribution in [0.3, 0.4) is 0 Å². The average molecular weight is 439 g/mol. The summed E-state index contributed by atoms with van der Waals surface area (Å²) in [6.07, 6.45) is 16.1. The van der Waals surface area contributed by atoms with Crippen molar-refractivity contribution in [1.82, 2.24) is 0 Å². The molecule has 0 radical (unpaired) electrons. The largest absolute Gasteiger partial charge is 0.326 e. The first-order valence-corrected chi connectivity index (χ1v) is 12.5. The van der Waals surface area contributed by atoms with Crippen molar-refractivity contribution in [2.24, 2.45) is 17.8 Å². The summed E-state index contributed by atoms with van der Waals surface area (Å²) < 4.78 is 0. The minimum atomic E-state index is -0.280. The van der Waals surface area contributed by atoms with Crippen molar-refractivity contribution >= 4 is 29.1 Å². The molecule has 1 heterocycles. The zero-order chi connectivity index (χ0) is 22.9. The van der Waals surface area contributed by atoms with E-state index in [2.05, 4.69) is 12.2 Å². The fourth-order valence-corrected chi connectivity index (χ4v) is 4.94. The number of fused-ring (bicyclic) bond motifs is 1. The number of hydrogen-bond acceptors (Lipinski definition) is 3. The number of nitrogens with one attached hydrogen (secondary N) is 1. The van der Waals surface area contributed by atoms with Crippen LogP contribution in [0, 0.1) is 17.8 Å². The molecule has 0 unspecified atom stereocenters. The standard InChI is InChI=1S/C27H38N2O3/c1-3-4-5-6-7-8-9-10-11-18-24(30)28-21-15-13-16-22(19-21)29-26(31)23-17-12-14-20(2)25(23)27(29)32/h12-16,19-20,23,25H,3-11,17-18H2,1-2H3,(H,28,30)/t20-,23+,25-/m0/s1. The van der Waals surface area contributed by atoms with Crippen molar-refractivity contribution in [2.45, 2.75) is 84.5 Å². The van der Waals surface area contributed by atoms with Crippen molar-refractivity contribution < 1.29 is 14.4 Å². The lowest BCUT2D eigenvalue weighted by molar-refractivity contribution is -0.122. The fraction of sp³-hybridized carbons (Fsp3) is 0.593. The highest BCUT2D eigenvalue weighted by atomic mass is 16.2. The molecule has 1 N–H and O–H groups in total. The van der Waals surface area contributed by atoms with Crippen LogP contribution in [0.15, 0.2) is 36.4 Å². The number of imide groups is 1. The van der Waals surface area contributed by atoms with Gasteiger partial charge in [0.25, 0.3) is 0 Å². The van der Waals surface area contributed by atoms with Gasteiger partial charge in [-0.05, 0) is 37.0 Å². The van der Waals surface area contributed by atoms with E-state index < -0.39 is 0 Å². The maximum atomic E-state index is 13.0. The normalized spacial score (nSPS) is 22.3. The minimum Gasteiger partial charge on any atom is -0.326 e. The van der Waals surface area contributed by atoms with Crippen LogP contribution in [0.4, 0.5) is 11.4 Å². The first-order valence-electron chi connectivity index (χ1n) is 12.5. The number of nitrogens with zero attached hydrogens (tertiary/aromatic N) is 1. The van der Waals surface area contributed by atoms with Crippen LogP contribution >= 0.6 is 0 Å². The topological polar surface area (TPSA) is 66.5 Å². The summed E-state index contributed by atoms with van der Waals surface area (Å²) >= 11 is 0. The van der Waals surface area contributed by atoms with Crippen LogP contribution in [0.25, 0.3) is 0 Å². The van der Waals surface area contributed by atoms with Gasteiger partial charge in [-0.15, -0.1) is 0 Å². The van der Waals surface area contributed by atoms with E-state index in [1.165, 1.54) is 49.8 Å². The third-order valence-corrected chi connectivity index (χ3v) is 6.77. The molecule has 5 nitrogen and oxygen atoms in total. The van der Waals surface area contributed by atoms with Gasteiger partial charge in [-0.2, -0.15) is 0 Å². The fourth-order valence-electron chi connectivity index (χ4n) is 4.94. The van der Waals surface area contributed by atoms with E-state index in [4.69, 9.17) is 0 Å². The van der Waals surface area contributed by atoms with Gasteiger partial charge in [0.2, 0.25) is 17.7 Å². The van der Waals surface area contributed by atoms with Crippen molar-refractivity contribution in [3.63, 3.8) is 0 Å². The lowest BCUT2D eigenvalue weighted by atomic mass is 9.78. The summed E-state index contributed by atoms with van der Waals surface area (Å²) in [5.74, 6) is -0.765. The van der Waals surface area contributed by atoms with Crippen molar-refractivity contribution in [3.05, 3.63) is 36.4 Å². The smallest absolute Gasteiger partial charge is 0.238 e. The third kappa shape index (κ3) is 6.08. The van der Waals surface area contributed by atoms with E-state index in [9.17, 15) is 14.4 Å². The van der Waals surface area contributed by atoms with Crippen molar-refractivity contribution in [3.8, 4) is 0 Å². The predicted molar refractivity (Wildman–Crippen MR) is 129 cm³/mol. The first kappa shape index (κ1) is 24.2. The van der Waals surface area contributed by atoms with Crippen molar-refractivity contribution in [1.29, 1.82) is 0 Å². The Balaban J connectivity index is 1.46. The quantitative estimate of drug-likeness (QED) is 0.238. The molecular formula is C27H38N2O3. The second kappa shape index (κ2) is 12.0. The Morgan fingerprint density at radius 1 is 1.00 bits per heavy atom. The lowest BCUT2D eigenvalue weighted by Crippen LogP contribution is -2.31. The predicted octanol–water partition coefficient (Wildman–Crippen LogP) is 6.25. The van der Waals surface area contributed by atoms with E-state index in [-0.39, 0.29) is 35.5 Å². The zero-order valence-corrected chi connectivity index (χ0v) is 19.6. The number of unbranched alkanes of at least 4 members (excludes halogenated alkanes) is 8. The van der Waals surface area contributed by atoms with Gasteiger partial charge in [0.05, 0.1) is 17.5 Å². The van der Waals surface area contributed by atoms with E-state index >= 15 is 0 Å². The molecule has 0 spiro atoms. The van der Waals surface area contributed by atoms with E-state index in [1.54, 1.807) is 24.3 Å². The molecule has 0 bridgehead atoms. The van der Waals surface area contributed by atoms with E-state index in [0.29, 0.717) is 24.2 Å². The number of carbonyl (C=O) groups is 3. The van der Waals surface area contributed by atoms with Gasteiger partial charge in [0.1, 0.15) is 0 Å². The molecule has 1 aromatic rings. The van der Waals surface area contributed by atoms with Crippen LogP contribution in [0.2, 0.25) is 0 Å². The van der Waals surface area contributed by atoms with Gasteiger partial charge in [0.15, 0.2) is 0 Å². The monoisotopic (exact) mass is 438 g/mol. The third-order valence-electron chi connectivity index (χ3n) is 6.77. The lowest BCUT2D eigenvalue weighted by Gasteiger charge is -2.22. The Kier molecular flexibility index (Phi) is 9.07.